The van der Waals surface area contributed by atoms with Crippen molar-refractivity contribution in [3.05, 3.63) is 22.7 Å². The van der Waals surface area contributed by atoms with E-state index in [1.54, 1.807) is 12.1 Å². The van der Waals surface area contributed by atoms with Crippen LogP contribution in [0.3, 0.4) is 0 Å². The van der Waals surface area contributed by atoms with Gasteiger partial charge in [0.25, 0.3) is 0 Å². The van der Waals surface area contributed by atoms with E-state index in [2.05, 4.69) is 0 Å². The molecule has 0 aromatic heterocycles. The lowest BCUT2D eigenvalue weighted by molar-refractivity contribution is 0.0653. The molecule has 0 bridgehead atoms. The maximum absolute atomic E-state index is 9.47. The number of ether oxygens (including phenoxy) is 2. The van der Waals surface area contributed by atoms with Crippen molar-refractivity contribution in [1.82, 2.24) is 0 Å². The lowest BCUT2D eigenvalue weighted by Gasteiger charge is -2.27. The molecule has 0 spiro atoms. The maximum atomic E-state index is 9.47. The van der Waals surface area contributed by atoms with Gasteiger partial charge in [-0.3, -0.25) is 0 Å². The summed E-state index contributed by atoms with van der Waals surface area (Å²) in [5.41, 5.74) is 0.438. The Morgan fingerprint density at radius 3 is 2.58 bits per heavy atom. The Morgan fingerprint density at radius 2 is 2.00 bits per heavy atom. The molecule has 1 aromatic rings. The normalized spacial score (nSPS) is 22.6. The zero-order valence-electron chi connectivity index (χ0n) is 10.7. The van der Waals surface area contributed by atoms with Crippen molar-refractivity contribution in [3.8, 4) is 17.6 Å². The molecule has 0 heterocycles. The molecule has 1 aromatic carbocycles. The first kappa shape index (κ1) is 14.0. The molecule has 0 amide bonds. The smallest absolute Gasteiger partial charge is 0.180 e. The topological polar surface area (TPSA) is 62.5 Å². The molecule has 0 radical (unpaired) electrons. The van der Waals surface area contributed by atoms with Crippen LogP contribution >= 0.6 is 11.6 Å². The van der Waals surface area contributed by atoms with E-state index in [0.29, 0.717) is 22.1 Å². The summed E-state index contributed by atoms with van der Waals surface area (Å²) in [5.74, 6) is 0.944. The lowest BCUT2D eigenvalue weighted by atomic mass is 9.95. The number of methoxy groups -OCH3 is 1. The van der Waals surface area contributed by atoms with Crippen LogP contribution in [0.4, 0.5) is 0 Å². The monoisotopic (exact) mass is 281 g/mol. The molecule has 19 heavy (non-hydrogen) atoms. The predicted octanol–water partition coefficient (Wildman–Crippen LogP) is 2.90. The van der Waals surface area contributed by atoms with Crippen molar-refractivity contribution in [3.63, 3.8) is 0 Å². The fraction of sp³-hybridized carbons (Fsp3) is 0.500. The number of aliphatic hydroxyl groups excluding tert-OH is 1. The molecule has 5 heteroatoms. The molecule has 2 rings (SSSR count). The van der Waals surface area contributed by atoms with Gasteiger partial charge in [-0.25, -0.2) is 0 Å². The zero-order chi connectivity index (χ0) is 13.8. The SMILES string of the molecule is COc1cc(C#N)cc(Cl)c1OC1CCC(O)CC1. The minimum Gasteiger partial charge on any atom is -0.493 e. The number of hydrogen-bond donors (Lipinski definition) is 1. The van der Waals surface area contributed by atoms with Gasteiger partial charge in [0.1, 0.15) is 0 Å². The first-order valence-electron chi connectivity index (χ1n) is 6.26. The number of rotatable bonds is 3. The van der Waals surface area contributed by atoms with Crippen LogP contribution in [0, 0.1) is 11.3 Å². The molecule has 102 valence electrons. The standard InChI is InChI=1S/C14H16ClNO3/c1-18-13-7-9(8-16)6-12(15)14(13)19-11-4-2-10(17)3-5-11/h6-7,10-11,17H,2-5H2,1H3. The van der Waals surface area contributed by atoms with Gasteiger partial charge in [0.05, 0.1) is 36.0 Å². The Labute approximate surface area is 117 Å². The van der Waals surface area contributed by atoms with Crippen LogP contribution in [0.25, 0.3) is 0 Å². The third-order valence-electron chi connectivity index (χ3n) is 3.29. The van der Waals surface area contributed by atoms with Crippen molar-refractivity contribution in [1.29, 1.82) is 5.26 Å². The third-order valence-corrected chi connectivity index (χ3v) is 3.57. The fourth-order valence-corrected chi connectivity index (χ4v) is 2.48. The summed E-state index contributed by atoms with van der Waals surface area (Å²) >= 11 is 6.13. The van der Waals surface area contributed by atoms with Gasteiger partial charge in [-0.1, -0.05) is 11.6 Å². The van der Waals surface area contributed by atoms with Crippen molar-refractivity contribution in [2.24, 2.45) is 0 Å². The number of hydrogen-bond acceptors (Lipinski definition) is 4. The summed E-state index contributed by atoms with van der Waals surface area (Å²) in [7, 11) is 1.52. The molecule has 0 atom stereocenters. The Hall–Kier alpha value is -1.44. The van der Waals surface area contributed by atoms with Crippen LogP contribution in [-0.2, 0) is 0 Å². The van der Waals surface area contributed by atoms with E-state index in [1.807, 2.05) is 6.07 Å². The Balaban J connectivity index is 2.18. The molecular formula is C14H16ClNO3. The molecule has 0 saturated heterocycles. The van der Waals surface area contributed by atoms with Crippen LogP contribution in [0.1, 0.15) is 31.2 Å². The van der Waals surface area contributed by atoms with Gasteiger partial charge in [0.2, 0.25) is 0 Å². The van der Waals surface area contributed by atoms with Gasteiger partial charge in [-0.15, -0.1) is 0 Å². The molecular weight excluding hydrogens is 266 g/mol. The molecule has 1 N–H and O–H groups in total. The Morgan fingerprint density at radius 1 is 1.32 bits per heavy atom. The highest BCUT2D eigenvalue weighted by molar-refractivity contribution is 6.32. The molecule has 1 saturated carbocycles. The van der Waals surface area contributed by atoms with Crippen LogP contribution in [-0.4, -0.2) is 24.4 Å². The van der Waals surface area contributed by atoms with Gasteiger partial charge >= 0.3 is 0 Å². The first-order valence-corrected chi connectivity index (χ1v) is 6.64. The lowest BCUT2D eigenvalue weighted by Crippen LogP contribution is -2.26. The van der Waals surface area contributed by atoms with Crippen LogP contribution < -0.4 is 9.47 Å². The highest BCUT2D eigenvalue weighted by Crippen LogP contribution is 2.38. The van der Waals surface area contributed by atoms with E-state index in [-0.39, 0.29) is 12.2 Å². The number of nitrogens with zero attached hydrogens (tertiary/aromatic N) is 1. The minimum absolute atomic E-state index is 0.0303. The molecule has 1 fully saturated rings. The summed E-state index contributed by atoms with van der Waals surface area (Å²) < 4.78 is 11.1. The summed E-state index contributed by atoms with van der Waals surface area (Å²) in [6, 6.07) is 5.20. The summed E-state index contributed by atoms with van der Waals surface area (Å²) in [6.45, 7) is 0. The highest BCUT2D eigenvalue weighted by atomic mass is 35.5. The van der Waals surface area contributed by atoms with E-state index in [0.717, 1.165) is 25.7 Å². The van der Waals surface area contributed by atoms with Gasteiger partial charge < -0.3 is 14.6 Å². The first-order chi connectivity index (χ1) is 9.13. The molecule has 0 unspecified atom stereocenters. The molecule has 1 aliphatic rings. The van der Waals surface area contributed by atoms with E-state index < -0.39 is 0 Å². The van der Waals surface area contributed by atoms with Crippen LogP contribution in [0.5, 0.6) is 11.5 Å². The Kier molecular flexibility index (Phi) is 4.52. The second kappa shape index (κ2) is 6.14. The molecule has 4 nitrogen and oxygen atoms in total. The Bertz CT molecular complexity index is 490. The second-order valence-corrected chi connectivity index (χ2v) is 5.06. The van der Waals surface area contributed by atoms with E-state index in [9.17, 15) is 5.11 Å². The summed E-state index contributed by atoms with van der Waals surface area (Å²) in [6.07, 6.45) is 2.87. The van der Waals surface area contributed by atoms with E-state index in [4.69, 9.17) is 26.3 Å². The quantitative estimate of drug-likeness (QED) is 0.925. The van der Waals surface area contributed by atoms with Crippen molar-refractivity contribution in [2.75, 3.05) is 7.11 Å². The van der Waals surface area contributed by atoms with Crippen molar-refractivity contribution in [2.45, 2.75) is 37.9 Å². The second-order valence-electron chi connectivity index (χ2n) is 4.65. The number of aliphatic hydroxyl groups is 1. The maximum Gasteiger partial charge on any atom is 0.180 e. The zero-order valence-corrected chi connectivity index (χ0v) is 11.5. The molecule has 1 aliphatic carbocycles. The van der Waals surface area contributed by atoms with Crippen LogP contribution in [0.15, 0.2) is 12.1 Å². The van der Waals surface area contributed by atoms with Gasteiger partial charge in [-0.2, -0.15) is 5.26 Å². The van der Waals surface area contributed by atoms with E-state index >= 15 is 0 Å². The van der Waals surface area contributed by atoms with Crippen LogP contribution in [0.2, 0.25) is 5.02 Å². The van der Waals surface area contributed by atoms with Gasteiger partial charge in [0, 0.05) is 6.07 Å². The van der Waals surface area contributed by atoms with Crippen molar-refractivity contribution >= 4 is 11.6 Å². The highest BCUT2D eigenvalue weighted by Gasteiger charge is 2.23. The minimum atomic E-state index is -0.224. The van der Waals surface area contributed by atoms with Gasteiger partial charge in [0.15, 0.2) is 11.5 Å². The average molecular weight is 282 g/mol. The third kappa shape index (κ3) is 3.31. The van der Waals surface area contributed by atoms with Gasteiger partial charge in [-0.05, 0) is 31.7 Å². The number of benzene rings is 1. The number of nitriles is 1. The fourth-order valence-electron chi connectivity index (χ4n) is 2.23. The summed E-state index contributed by atoms with van der Waals surface area (Å²) in [4.78, 5) is 0. The van der Waals surface area contributed by atoms with E-state index in [1.165, 1.54) is 7.11 Å². The largest absolute Gasteiger partial charge is 0.493 e. The predicted molar refractivity (Wildman–Crippen MR) is 71.6 cm³/mol. The summed E-state index contributed by atoms with van der Waals surface area (Å²) in [5, 5.41) is 18.7. The van der Waals surface area contributed by atoms with Crippen molar-refractivity contribution < 1.29 is 14.6 Å². The number of halogens is 1. The molecule has 0 aliphatic heterocycles. The average Bonchev–Trinajstić information content (AvgIpc) is 2.43.